The first-order valence-corrected chi connectivity index (χ1v) is 9.65. The standard InChI is InChI=1S/C17H26O4S/c1-2-3-4-5-6-10-13-22(20,21)16(17(18)19)14-15-11-8-7-9-12-15/h7-9,11-12,16H,2-6,10,13-14H2,1H3,(H,18,19)/p-1. The highest BCUT2D eigenvalue weighted by molar-refractivity contribution is 7.92. The fraction of sp³-hybridized carbons (Fsp3) is 0.588. The molecule has 0 aliphatic rings. The maximum atomic E-state index is 12.2. The van der Waals surface area contributed by atoms with Crippen molar-refractivity contribution in [2.24, 2.45) is 0 Å². The molecule has 0 N–H and O–H groups in total. The largest absolute Gasteiger partial charge is 0.549 e. The second-order valence-electron chi connectivity index (χ2n) is 5.63. The molecule has 1 aromatic carbocycles. The molecule has 0 amide bonds. The zero-order valence-electron chi connectivity index (χ0n) is 13.2. The summed E-state index contributed by atoms with van der Waals surface area (Å²) >= 11 is 0. The molecule has 4 nitrogen and oxygen atoms in total. The Morgan fingerprint density at radius 2 is 1.64 bits per heavy atom. The van der Waals surface area contributed by atoms with Crippen molar-refractivity contribution in [1.82, 2.24) is 0 Å². The third kappa shape index (κ3) is 6.60. The van der Waals surface area contributed by atoms with E-state index < -0.39 is 21.1 Å². The molecule has 5 heteroatoms. The van der Waals surface area contributed by atoms with Crippen LogP contribution in [0.5, 0.6) is 0 Å². The van der Waals surface area contributed by atoms with Crippen LogP contribution < -0.4 is 5.11 Å². The summed E-state index contributed by atoms with van der Waals surface area (Å²) in [6, 6.07) is 8.80. The number of unbranched alkanes of at least 4 members (excludes halogenated alkanes) is 5. The van der Waals surface area contributed by atoms with Crippen molar-refractivity contribution in [3.8, 4) is 0 Å². The fourth-order valence-electron chi connectivity index (χ4n) is 2.41. The van der Waals surface area contributed by atoms with E-state index in [4.69, 9.17) is 0 Å². The lowest BCUT2D eigenvalue weighted by Crippen LogP contribution is -2.43. The molecule has 0 spiro atoms. The molecule has 0 radical (unpaired) electrons. The van der Waals surface area contributed by atoms with Crippen LogP contribution in [0, 0.1) is 0 Å². The van der Waals surface area contributed by atoms with Crippen LogP contribution in [0.4, 0.5) is 0 Å². The van der Waals surface area contributed by atoms with Crippen LogP contribution in [0.3, 0.4) is 0 Å². The number of benzene rings is 1. The molecule has 1 rings (SSSR count). The number of sulfone groups is 1. The first kappa shape index (κ1) is 18.7. The third-order valence-electron chi connectivity index (χ3n) is 3.74. The van der Waals surface area contributed by atoms with Gasteiger partial charge in [0.1, 0.15) is 5.25 Å². The van der Waals surface area contributed by atoms with Gasteiger partial charge in [0.2, 0.25) is 0 Å². The summed E-state index contributed by atoms with van der Waals surface area (Å²) in [5.74, 6) is -1.58. The molecule has 0 heterocycles. The summed E-state index contributed by atoms with van der Waals surface area (Å²) in [7, 11) is -3.67. The normalized spacial score (nSPS) is 13.0. The van der Waals surface area contributed by atoms with Crippen LogP contribution in [0.25, 0.3) is 0 Å². The van der Waals surface area contributed by atoms with Gasteiger partial charge in [-0.1, -0.05) is 69.4 Å². The summed E-state index contributed by atoms with van der Waals surface area (Å²) in [4.78, 5) is 11.2. The van der Waals surface area contributed by atoms with Gasteiger partial charge in [-0.2, -0.15) is 0 Å². The molecule has 124 valence electrons. The van der Waals surface area contributed by atoms with Crippen molar-refractivity contribution in [1.29, 1.82) is 0 Å². The van der Waals surface area contributed by atoms with Gasteiger partial charge in [0.05, 0.1) is 11.7 Å². The Kier molecular flexibility index (Phi) is 8.17. The van der Waals surface area contributed by atoms with Gasteiger partial charge in [0.25, 0.3) is 0 Å². The highest BCUT2D eigenvalue weighted by atomic mass is 32.2. The molecule has 1 atom stereocenters. The third-order valence-corrected chi connectivity index (χ3v) is 5.83. The Labute approximate surface area is 133 Å². The molecule has 22 heavy (non-hydrogen) atoms. The van der Waals surface area contributed by atoms with Gasteiger partial charge in [-0.25, -0.2) is 8.42 Å². The predicted molar refractivity (Wildman–Crippen MR) is 86.1 cm³/mol. The highest BCUT2D eigenvalue weighted by Crippen LogP contribution is 2.14. The van der Waals surface area contributed by atoms with E-state index in [2.05, 4.69) is 6.92 Å². The zero-order valence-corrected chi connectivity index (χ0v) is 14.0. The zero-order chi connectivity index (χ0) is 16.4. The van der Waals surface area contributed by atoms with Crippen LogP contribution in [0.15, 0.2) is 30.3 Å². The molecule has 0 fully saturated rings. The average molecular weight is 325 g/mol. The number of carboxylic acids is 1. The Bertz CT molecular complexity index is 537. The van der Waals surface area contributed by atoms with Crippen molar-refractivity contribution >= 4 is 15.8 Å². The topological polar surface area (TPSA) is 74.3 Å². The van der Waals surface area contributed by atoms with Gasteiger partial charge < -0.3 is 9.90 Å². The van der Waals surface area contributed by atoms with E-state index in [1.165, 1.54) is 0 Å². The highest BCUT2D eigenvalue weighted by Gasteiger charge is 2.26. The van der Waals surface area contributed by atoms with E-state index in [0.717, 1.165) is 32.1 Å². The lowest BCUT2D eigenvalue weighted by molar-refractivity contribution is -0.304. The number of hydrogen-bond acceptors (Lipinski definition) is 4. The van der Waals surface area contributed by atoms with Crippen molar-refractivity contribution < 1.29 is 18.3 Å². The number of hydrogen-bond donors (Lipinski definition) is 0. The van der Waals surface area contributed by atoms with Crippen LogP contribution in [-0.4, -0.2) is 25.4 Å². The van der Waals surface area contributed by atoms with Gasteiger partial charge in [0, 0.05) is 0 Å². The summed E-state index contributed by atoms with van der Waals surface area (Å²) in [6.45, 7) is 2.12. The van der Waals surface area contributed by atoms with Gasteiger partial charge in [-0.15, -0.1) is 0 Å². The number of carbonyl (C=O) groups excluding carboxylic acids is 1. The first-order valence-electron chi connectivity index (χ1n) is 7.93. The van der Waals surface area contributed by atoms with Gasteiger partial charge >= 0.3 is 0 Å². The SMILES string of the molecule is CCCCCCCCS(=O)(=O)C(Cc1ccccc1)C(=O)[O-]. The van der Waals surface area contributed by atoms with Crippen LogP contribution >= 0.6 is 0 Å². The van der Waals surface area contributed by atoms with E-state index in [0.29, 0.717) is 12.0 Å². The molecule has 0 aliphatic carbocycles. The smallest absolute Gasteiger partial charge is 0.158 e. The molecule has 0 saturated heterocycles. The van der Waals surface area contributed by atoms with E-state index in [9.17, 15) is 18.3 Å². The minimum atomic E-state index is -3.67. The second-order valence-corrected chi connectivity index (χ2v) is 7.94. The van der Waals surface area contributed by atoms with Crippen molar-refractivity contribution in [2.45, 2.75) is 57.1 Å². The van der Waals surface area contributed by atoms with Crippen molar-refractivity contribution in [3.63, 3.8) is 0 Å². The van der Waals surface area contributed by atoms with E-state index in [-0.39, 0.29) is 12.2 Å². The molecule has 1 aromatic rings. The quantitative estimate of drug-likeness (QED) is 0.584. The maximum Gasteiger partial charge on any atom is 0.158 e. The number of aliphatic carboxylic acids is 1. The van der Waals surface area contributed by atoms with Crippen LogP contribution in [0.2, 0.25) is 0 Å². The van der Waals surface area contributed by atoms with Gasteiger partial charge in [-0.05, 0) is 18.4 Å². The minimum absolute atomic E-state index is 0.0264. The van der Waals surface area contributed by atoms with Crippen LogP contribution in [0.1, 0.15) is 51.0 Å². The Morgan fingerprint density at radius 1 is 1.05 bits per heavy atom. The molecule has 0 aliphatic heterocycles. The predicted octanol–water partition coefficient (Wildman–Crippen LogP) is 2.12. The lowest BCUT2D eigenvalue weighted by atomic mass is 10.1. The summed E-state index contributed by atoms with van der Waals surface area (Å²) < 4.78 is 24.5. The molecule has 0 saturated carbocycles. The van der Waals surface area contributed by atoms with Crippen LogP contribution in [-0.2, 0) is 21.1 Å². The molecular formula is C17H25O4S-. The van der Waals surface area contributed by atoms with Gasteiger partial charge in [0.15, 0.2) is 9.84 Å². The Hall–Kier alpha value is -1.36. The van der Waals surface area contributed by atoms with Crippen molar-refractivity contribution in [3.05, 3.63) is 35.9 Å². The van der Waals surface area contributed by atoms with E-state index >= 15 is 0 Å². The Morgan fingerprint density at radius 3 is 2.23 bits per heavy atom. The van der Waals surface area contributed by atoms with Gasteiger partial charge in [-0.3, -0.25) is 0 Å². The first-order chi connectivity index (χ1) is 10.5. The lowest BCUT2D eigenvalue weighted by Gasteiger charge is -2.18. The fourth-order valence-corrected chi connectivity index (χ4v) is 4.04. The molecule has 0 aromatic heterocycles. The van der Waals surface area contributed by atoms with E-state index in [1.807, 2.05) is 6.07 Å². The van der Waals surface area contributed by atoms with Crippen molar-refractivity contribution in [2.75, 3.05) is 5.75 Å². The number of carboxylic acid groups (broad SMARTS) is 1. The molecular weight excluding hydrogens is 300 g/mol. The average Bonchev–Trinajstić information content (AvgIpc) is 2.49. The minimum Gasteiger partial charge on any atom is -0.549 e. The Balaban J connectivity index is 2.56. The number of rotatable bonds is 11. The second kappa shape index (κ2) is 9.62. The number of carbonyl (C=O) groups is 1. The maximum absolute atomic E-state index is 12.2. The summed E-state index contributed by atoms with van der Waals surface area (Å²) in [6.07, 6.45) is 5.71. The molecule has 0 bridgehead atoms. The summed E-state index contributed by atoms with van der Waals surface area (Å²) in [5.41, 5.74) is 0.697. The summed E-state index contributed by atoms with van der Waals surface area (Å²) in [5, 5.41) is 9.78. The monoisotopic (exact) mass is 325 g/mol. The van der Waals surface area contributed by atoms with E-state index in [1.54, 1.807) is 24.3 Å². The molecule has 1 unspecified atom stereocenters.